The van der Waals surface area contributed by atoms with Crippen LogP contribution in [0, 0.1) is 11.6 Å². The molecule has 0 bridgehead atoms. The Morgan fingerprint density at radius 1 is 1.24 bits per heavy atom. The van der Waals surface area contributed by atoms with Crippen molar-refractivity contribution < 1.29 is 23.5 Å². The number of nitrogens with zero attached hydrogens (tertiary/aromatic N) is 1. The fourth-order valence-corrected chi connectivity index (χ4v) is 1.74. The van der Waals surface area contributed by atoms with Crippen molar-refractivity contribution in [1.29, 1.82) is 0 Å². The van der Waals surface area contributed by atoms with Gasteiger partial charge >= 0.3 is 12.0 Å². The summed E-state index contributed by atoms with van der Waals surface area (Å²) >= 11 is 0. The number of hydrogen-bond donors (Lipinski definition) is 2. The van der Waals surface area contributed by atoms with Crippen molar-refractivity contribution in [3.05, 3.63) is 29.3 Å². The summed E-state index contributed by atoms with van der Waals surface area (Å²) in [4.78, 5) is 24.2. The van der Waals surface area contributed by atoms with Crippen molar-refractivity contribution in [2.45, 2.75) is 26.2 Å². The fourth-order valence-electron chi connectivity index (χ4n) is 1.74. The van der Waals surface area contributed by atoms with Gasteiger partial charge in [-0.15, -0.1) is 0 Å². The van der Waals surface area contributed by atoms with E-state index in [1.165, 1.54) is 4.90 Å². The Hall–Kier alpha value is -2.18. The molecule has 0 saturated heterocycles. The van der Waals surface area contributed by atoms with E-state index in [1.807, 2.05) is 6.92 Å². The number of rotatable bonds is 6. The average Bonchev–Trinajstić information content (AvgIpc) is 2.42. The molecule has 0 heterocycles. The van der Waals surface area contributed by atoms with Crippen LogP contribution < -0.4 is 5.32 Å². The molecule has 2 amide bonds. The molecule has 0 aliphatic carbocycles. The molecule has 0 atom stereocenters. The fraction of sp³-hybridized carbons (Fsp3) is 0.429. The number of carboxylic acid groups (broad SMARTS) is 1. The van der Waals surface area contributed by atoms with Crippen LogP contribution in [0.5, 0.6) is 0 Å². The molecule has 0 fully saturated rings. The van der Waals surface area contributed by atoms with Crippen molar-refractivity contribution in [3.8, 4) is 0 Å². The van der Waals surface area contributed by atoms with E-state index in [1.54, 1.807) is 7.05 Å². The number of carbonyl (C=O) groups is 2. The molecule has 7 heteroatoms. The first kappa shape index (κ1) is 16.9. The summed E-state index contributed by atoms with van der Waals surface area (Å²) in [5.41, 5.74) is -0.766. The van der Waals surface area contributed by atoms with Crippen LogP contribution in [-0.4, -0.2) is 35.6 Å². The van der Waals surface area contributed by atoms with Gasteiger partial charge in [0.05, 0.1) is 11.3 Å². The van der Waals surface area contributed by atoms with Gasteiger partial charge in [-0.3, -0.25) is 0 Å². The van der Waals surface area contributed by atoms with Crippen LogP contribution in [0.25, 0.3) is 0 Å². The number of benzene rings is 1. The highest BCUT2D eigenvalue weighted by molar-refractivity contribution is 5.99. The molecule has 5 nitrogen and oxygen atoms in total. The maximum atomic E-state index is 13.2. The topological polar surface area (TPSA) is 69.6 Å². The Kier molecular flexibility index (Phi) is 6.08. The summed E-state index contributed by atoms with van der Waals surface area (Å²) in [6.07, 6.45) is 2.77. The summed E-state index contributed by atoms with van der Waals surface area (Å²) in [6, 6.07) is 0.639. The van der Waals surface area contributed by atoms with Gasteiger partial charge < -0.3 is 15.3 Å². The van der Waals surface area contributed by atoms with E-state index in [0.717, 1.165) is 19.3 Å². The SMILES string of the molecule is CCCCCN(C)C(=O)Nc1cc(F)c(F)cc1C(=O)O. The third-order valence-electron chi connectivity index (χ3n) is 2.98. The summed E-state index contributed by atoms with van der Waals surface area (Å²) in [7, 11) is 1.55. The second-order valence-corrected chi connectivity index (χ2v) is 4.68. The molecule has 0 aromatic heterocycles. The van der Waals surface area contributed by atoms with Gasteiger partial charge in [-0.1, -0.05) is 19.8 Å². The molecule has 0 unspecified atom stereocenters. The lowest BCUT2D eigenvalue weighted by Gasteiger charge is -2.18. The van der Waals surface area contributed by atoms with Crippen molar-refractivity contribution in [1.82, 2.24) is 4.90 Å². The molecule has 116 valence electrons. The van der Waals surface area contributed by atoms with Gasteiger partial charge in [-0.2, -0.15) is 0 Å². The zero-order chi connectivity index (χ0) is 16.0. The van der Waals surface area contributed by atoms with Gasteiger partial charge in [-0.05, 0) is 12.5 Å². The van der Waals surface area contributed by atoms with E-state index < -0.39 is 29.2 Å². The van der Waals surface area contributed by atoms with E-state index in [2.05, 4.69) is 5.32 Å². The lowest BCUT2D eigenvalue weighted by Crippen LogP contribution is -2.32. The highest BCUT2D eigenvalue weighted by Gasteiger charge is 2.18. The lowest BCUT2D eigenvalue weighted by atomic mass is 10.1. The van der Waals surface area contributed by atoms with Gasteiger partial charge in [0.25, 0.3) is 0 Å². The maximum absolute atomic E-state index is 13.2. The van der Waals surface area contributed by atoms with Gasteiger partial charge in [0.1, 0.15) is 0 Å². The van der Waals surface area contributed by atoms with Crippen LogP contribution in [0.3, 0.4) is 0 Å². The van der Waals surface area contributed by atoms with Crippen molar-refractivity contribution >= 4 is 17.7 Å². The zero-order valence-corrected chi connectivity index (χ0v) is 11.9. The molecule has 1 rings (SSSR count). The van der Waals surface area contributed by atoms with Crippen molar-refractivity contribution in [2.75, 3.05) is 18.9 Å². The van der Waals surface area contributed by atoms with Gasteiger partial charge in [0.15, 0.2) is 11.6 Å². The predicted molar refractivity (Wildman–Crippen MR) is 74.5 cm³/mol. The summed E-state index contributed by atoms with van der Waals surface area (Å²) in [5, 5.41) is 11.2. The standard InChI is InChI=1S/C14H18F2N2O3/c1-3-4-5-6-18(2)14(21)17-12-8-11(16)10(15)7-9(12)13(19)20/h7-8H,3-6H2,1-2H3,(H,17,21)(H,19,20). The van der Waals surface area contributed by atoms with E-state index in [4.69, 9.17) is 5.11 Å². The van der Waals surface area contributed by atoms with Crippen LogP contribution in [0.1, 0.15) is 36.5 Å². The minimum atomic E-state index is -1.45. The van der Waals surface area contributed by atoms with E-state index in [9.17, 15) is 18.4 Å². The molecule has 0 spiro atoms. The molecule has 21 heavy (non-hydrogen) atoms. The number of carbonyl (C=O) groups excluding carboxylic acids is 1. The zero-order valence-electron chi connectivity index (χ0n) is 11.9. The number of urea groups is 1. The minimum absolute atomic E-state index is 0.270. The Morgan fingerprint density at radius 3 is 2.43 bits per heavy atom. The monoisotopic (exact) mass is 300 g/mol. The minimum Gasteiger partial charge on any atom is -0.478 e. The number of hydrogen-bond acceptors (Lipinski definition) is 2. The Labute approximate surface area is 121 Å². The summed E-state index contributed by atoms with van der Waals surface area (Å²) in [5.74, 6) is -3.94. The van der Waals surface area contributed by atoms with Crippen LogP contribution in [0.4, 0.5) is 19.3 Å². The van der Waals surface area contributed by atoms with Crippen LogP contribution in [0.2, 0.25) is 0 Å². The van der Waals surface area contributed by atoms with E-state index >= 15 is 0 Å². The first-order valence-electron chi connectivity index (χ1n) is 6.61. The molecular formula is C14H18F2N2O3. The van der Waals surface area contributed by atoms with E-state index in [0.29, 0.717) is 18.7 Å². The van der Waals surface area contributed by atoms with Crippen LogP contribution in [0.15, 0.2) is 12.1 Å². The molecule has 0 saturated carbocycles. The smallest absolute Gasteiger partial charge is 0.337 e. The Balaban J connectivity index is 2.84. The molecule has 0 radical (unpaired) electrons. The summed E-state index contributed by atoms with van der Waals surface area (Å²) < 4.78 is 26.2. The van der Waals surface area contributed by atoms with Crippen LogP contribution in [-0.2, 0) is 0 Å². The van der Waals surface area contributed by atoms with Crippen molar-refractivity contribution in [2.24, 2.45) is 0 Å². The quantitative estimate of drug-likeness (QED) is 0.792. The lowest BCUT2D eigenvalue weighted by molar-refractivity contribution is 0.0697. The highest BCUT2D eigenvalue weighted by Crippen LogP contribution is 2.20. The number of amides is 2. The predicted octanol–water partition coefficient (Wildman–Crippen LogP) is 3.32. The number of halogens is 2. The third-order valence-corrected chi connectivity index (χ3v) is 2.98. The summed E-state index contributed by atoms with van der Waals surface area (Å²) in [6.45, 7) is 2.52. The second kappa shape index (κ2) is 7.56. The Morgan fingerprint density at radius 2 is 1.86 bits per heavy atom. The second-order valence-electron chi connectivity index (χ2n) is 4.68. The number of unbranched alkanes of at least 4 members (excludes halogenated alkanes) is 2. The normalized spacial score (nSPS) is 10.3. The molecule has 2 N–H and O–H groups in total. The maximum Gasteiger partial charge on any atom is 0.337 e. The number of anilines is 1. The van der Waals surface area contributed by atoms with Crippen LogP contribution >= 0.6 is 0 Å². The van der Waals surface area contributed by atoms with Crippen molar-refractivity contribution in [3.63, 3.8) is 0 Å². The van der Waals surface area contributed by atoms with E-state index in [-0.39, 0.29) is 5.69 Å². The van der Waals surface area contributed by atoms with Gasteiger partial charge in [0, 0.05) is 19.7 Å². The number of nitrogens with one attached hydrogen (secondary N) is 1. The molecule has 0 aliphatic heterocycles. The first-order chi connectivity index (χ1) is 9.86. The van der Waals surface area contributed by atoms with Gasteiger partial charge in [0.2, 0.25) is 0 Å². The molecule has 1 aromatic rings. The average molecular weight is 300 g/mol. The first-order valence-corrected chi connectivity index (χ1v) is 6.61. The highest BCUT2D eigenvalue weighted by atomic mass is 19.2. The van der Waals surface area contributed by atoms with Gasteiger partial charge in [-0.25, -0.2) is 18.4 Å². The molecular weight excluding hydrogens is 282 g/mol. The number of aromatic carboxylic acids is 1. The Bertz CT molecular complexity index is 535. The molecule has 0 aliphatic rings. The largest absolute Gasteiger partial charge is 0.478 e. The number of carboxylic acids is 1. The third kappa shape index (κ3) is 4.70. The molecule has 1 aromatic carbocycles.